The zero-order valence-corrected chi connectivity index (χ0v) is 11.2. The van der Waals surface area contributed by atoms with E-state index >= 15 is 0 Å². The Bertz CT molecular complexity index is 591. The zero-order valence-electron chi connectivity index (χ0n) is 11.2. The molecule has 1 aromatic carbocycles. The minimum atomic E-state index is -0.661. The van der Waals surface area contributed by atoms with E-state index in [1.165, 1.54) is 0 Å². The van der Waals surface area contributed by atoms with Crippen LogP contribution in [0.1, 0.15) is 11.1 Å². The third kappa shape index (κ3) is 3.71. The maximum Gasteiger partial charge on any atom is 0.313 e. The number of carbonyl (C=O) groups excluding carboxylic acids is 2. The van der Waals surface area contributed by atoms with E-state index in [1.807, 2.05) is 25.1 Å². The summed E-state index contributed by atoms with van der Waals surface area (Å²) in [7, 11) is 0. The van der Waals surface area contributed by atoms with Crippen LogP contribution in [0.25, 0.3) is 0 Å². The Morgan fingerprint density at radius 1 is 1.15 bits per heavy atom. The fourth-order valence-electron chi connectivity index (χ4n) is 1.73. The van der Waals surface area contributed by atoms with Gasteiger partial charge in [-0.25, -0.2) is 0 Å². The molecule has 0 saturated heterocycles. The molecule has 2 N–H and O–H groups in total. The number of hydrogen-bond acceptors (Lipinski definition) is 3. The number of nitrogens with one attached hydrogen (secondary N) is 2. The quantitative estimate of drug-likeness (QED) is 0.835. The third-order valence-electron chi connectivity index (χ3n) is 2.88. The van der Waals surface area contributed by atoms with Crippen LogP contribution in [0.3, 0.4) is 0 Å². The van der Waals surface area contributed by atoms with E-state index in [0.29, 0.717) is 18.7 Å². The molecule has 0 aliphatic rings. The molecule has 0 unspecified atom stereocenters. The summed E-state index contributed by atoms with van der Waals surface area (Å²) in [5.41, 5.74) is 2.53. The second-order valence-corrected chi connectivity index (χ2v) is 4.41. The molecule has 104 valence electrons. The molecule has 0 aliphatic heterocycles. The van der Waals surface area contributed by atoms with Gasteiger partial charge in [0.05, 0.1) is 12.5 Å². The van der Waals surface area contributed by atoms with Gasteiger partial charge < -0.3 is 15.1 Å². The number of amides is 2. The molecule has 5 nitrogen and oxygen atoms in total. The van der Waals surface area contributed by atoms with Crippen LogP contribution in [0, 0.1) is 6.92 Å². The molecule has 5 heteroatoms. The Hall–Kier alpha value is -2.56. The fourth-order valence-corrected chi connectivity index (χ4v) is 1.73. The largest absolute Gasteiger partial charge is 0.472 e. The van der Waals surface area contributed by atoms with Crippen LogP contribution in [0.4, 0.5) is 5.69 Å². The highest BCUT2D eigenvalue weighted by Gasteiger charge is 2.13. The van der Waals surface area contributed by atoms with Crippen LogP contribution in [-0.2, 0) is 16.0 Å². The van der Waals surface area contributed by atoms with Crippen molar-refractivity contribution < 1.29 is 14.0 Å². The molecule has 0 bridgehead atoms. The minimum Gasteiger partial charge on any atom is -0.472 e. The highest BCUT2D eigenvalue weighted by Crippen LogP contribution is 2.12. The van der Waals surface area contributed by atoms with Gasteiger partial charge in [-0.2, -0.15) is 0 Å². The Morgan fingerprint density at radius 3 is 2.65 bits per heavy atom. The van der Waals surface area contributed by atoms with Gasteiger partial charge in [0.2, 0.25) is 0 Å². The minimum absolute atomic E-state index is 0.388. The van der Waals surface area contributed by atoms with Gasteiger partial charge in [-0.05, 0) is 36.6 Å². The number of anilines is 1. The molecule has 1 heterocycles. The number of benzene rings is 1. The maximum atomic E-state index is 11.7. The molecule has 0 radical (unpaired) electrons. The first-order valence-corrected chi connectivity index (χ1v) is 6.32. The van der Waals surface area contributed by atoms with Crippen molar-refractivity contribution in [3.8, 4) is 0 Å². The van der Waals surface area contributed by atoms with Crippen LogP contribution in [0.15, 0.2) is 47.3 Å². The summed E-state index contributed by atoms with van der Waals surface area (Å²) in [5.74, 6) is -1.30. The van der Waals surface area contributed by atoms with Gasteiger partial charge in [0, 0.05) is 12.2 Å². The molecule has 2 rings (SSSR count). The van der Waals surface area contributed by atoms with Gasteiger partial charge in [-0.15, -0.1) is 0 Å². The van der Waals surface area contributed by atoms with Gasteiger partial charge in [0.25, 0.3) is 0 Å². The van der Waals surface area contributed by atoms with Crippen LogP contribution in [-0.4, -0.2) is 18.4 Å². The third-order valence-corrected chi connectivity index (χ3v) is 2.88. The van der Waals surface area contributed by atoms with Crippen LogP contribution >= 0.6 is 0 Å². The molecule has 0 atom stereocenters. The molecule has 2 amide bonds. The van der Waals surface area contributed by atoms with Gasteiger partial charge in [0.15, 0.2) is 0 Å². The molecule has 2 aromatic rings. The molecule has 0 aliphatic carbocycles. The van der Waals surface area contributed by atoms with Crippen LogP contribution in [0.5, 0.6) is 0 Å². The molecule has 0 fully saturated rings. The van der Waals surface area contributed by atoms with E-state index in [1.54, 1.807) is 24.7 Å². The lowest BCUT2D eigenvalue weighted by atomic mass is 10.2. The highest BCUT2D eigenvalue weighted by molar-refractivity contribution is 6.39. The van der Waals surface area contributed by atoms with Crippen molar-refractivity contribution in [2.24, 2.45) is 0 Å². The average Bonchev–Trinajstić information content (AvgIpc) is 2.94. The Kier molecular flexibility index (Phi) is 4.55. The maximum absolute atomic E-state index is 11.7. The van der Waals surface area contributed by atoms with E-state index in [2.05, 4.69) is 10.6 Å². The second kappa shape index (κ2) is 6.56. The van der Waals surface area contributed by atoms with Crippen molar-refractivity contribution in [2.45, 2.75) is 13.3 Å². The Balaban J connectivity index is 1.80. The summed E-state index contributed by atoms with van der Waals surface area (Å²) in [6.45, 7) is 2.26. The number of para-hydroxylation sites is 1. The summed E-state index contributed by atoms with van der Waals surface area (Å²) >= 11 is 0. The van der Waals surface area contributed by atoms with Crippen LogP contribution < -0.4 is 10.6 Å². The lowest BCUT2D eigenvalue weighted by molar-refractivity contribution is -0.136. The summed E-state index contributed by atoms with van der Waals surface area (Å²) in [5, 5.41) is 5.15. The zero-order chi connectivity index (χ0) is 14.4. The van der Waals surface area contributed by atoms with E-state index in [9.17, 15) is 9.59 Å². The van der Waals surface area contributed by atoms with E-state index < -0.39 is 11.8 Å². The van der Waals surface area contributed by atoms with Crippen molar-refractivity contribution in [3.05, 3.63) is 54.0 Å². The molecule has 0 spiro atoms. The monoisotopic (exact) mass is 272 g/mol. The predicted octanol–water partition coefficient (Wildman–Crippen LogP) is 1.89. The number of carbonyl (C=O) groups is 2. The lowest BCUT2D eigenvalue weighted by Crippen LogP contribution is -2.36. The van der Waals surface area contributed by atoms with Crippen molar-refractivity contribution >= 4 is 17.5 Å². The summed E-state index contributed by atoms with van der Waals surface area (Å²) in [6, 6.07) is 9.12. The smallest absolute Gasteiger partial charge is 0.313 e. The van der Waals surface area contributed by atoms with Gasteiger partial charge in [0.1, 0.15) is 0 Å². The van der Waals surface area contributed by atoms with Crippen LogP contribution in [0.2, 0.25) is 0 Å². The van der Waals surface area contributed by atoms with Crippen molar-refractivity contribution in [3.63, 3.8) is 0 Å². The first kappa shape index (κ1) is 13.9. The molecule has 1 aromatic heterocycles. The van der Waals surface area contributed by atoms with E-state index in [4.69, 9.17) is 4.42 Å². The number of hydrogen-bond donors (Lipinski definition) is 2. The van der Waals surface area contributed by atoms with E-state index in [0.717, 1.165) is 11.1 Å². The Labute approximate surface area is 117 Å². The summed E-state index contributed by atoms with van der Waals surface area (Å²) in [4.78, 5) is 23.4. The van der Waals surface area contributed by atoms with Crippen molar-refractivity contribution in [1.82, 2.24) is 5.32 Å². The summed E-state index contributed by atoms with van der Waals surface area (Å²) < 4.78 is 4.92. The fraction of sp³-hybridized carbons (Fsp3) is 0.200. The molecule has 0 saturated carbocycles. The van der Waals surface area contributed by atoms with Gasteiger partial charge >= 0.3 is 11.8 Å². The summed E-state index contributed by atoms with van der Waals surface area (Å²) in [6.07, 6.45) is 3.81. The molecule has 20 heavy (non-hydrogen) atoms. The van der Waals surface area contributed by atoms with E-state index in [-0.39, 0.29) is 0 Å². The lowest BCUT2D eigenvalue weighted by Gasteiger charge is -2.08. The predicted molar refractivity (Wildman–Crippen MR) is 75.2 cm³/mol. The first-order chi connectivity index (χ1) is 9.66. The number of furan rings is 1. The highest BCUT2D eigenvalue weighted by atomic mass is 16.3. The first-order valence-electron chi connectivity index (χ1n) is 6.32. The molecular weight excluding hydrogens is 256 g/mol. The Morgan fingerprint density at radius 2 is 1.95 bits per heavy atom. The topological polar surface area (TPSA) is 71.3 Å². The standard InChI is InChI=1S/C15H16N2O3/c1-11-4-2-3-5-13(11)17-15(19)14(18)16-8-6-12-7-9-20-10-12/h2-5,7,9-10H,6,8H2,1H3,(H,16,18)(H,17,19). The number of rotatable bonds is 4. The second-order valence-electron chi connectivity index (χ2n) is 4.41. The van der Waals surface area contributed by atoms with Crippen molar-refractivity contribution in [2.75, 3.05) is 11.9 Å². The number of aryl methyl sites for hydroxylation is 1. The normalized spacial score (nSPS) is 10.1. The van der Waals surface area contributed by atoms with Crippen molar-refractivity contribution in [1.29, 1.82) is 0 Å². The van der Waals surface area contributed by atoms with Gasteiger partial charge in [-0.1, -0.05) is 18.2 Å². The molecular formula is C15H16N2O3. The average molecular weight is 272 g/mol. The SMILES string of the molecule is Cc1ccccc1NC(=O)C(=O)NCCc1ccoc1. The van der Waals surface area contributed by atoms with Gasteiger partial charge in [-0.3, -0.25) is 9.59 Å².